The lowest BCUT2D eigenvalue weighted by atomic mass is 10.0. The molecule has 2 N–H and O–H groups in total. The molecule has 0 spiro atoms. The van der Waals surface area contributed by atoms with Crippen molar-refractivity contribution < 1.29 is 14.6 Å². The van der Waals surface area contributed by atoms with E-state index in [9.17, 15) is 9.90 Å². The molecule has 0 bridgehead atoms. The van der Waals surface area contributed by atoms with Gasteiger partial charge in [-0.2, -0.15) is 0 Å². The first-order valence-electron chi connectivity index (χ1n) is 12.7. The van der Waals surface area contributed by atoms with Gasteiger partial charge in [0.25, 0.3) is 5.91 Å². The van der Waals surface area contributed by atoms with Crippen molar-refractivity contribution >= 4 is 23.5 Å². The van der Waals surface area contributed by atoms with Gasteiger partial charge in [-0.1, -0.05) is 6.07 Å². The summed E-state index contributed by atoms with van der Waals surface area (Å²) in [7, 11) is 0. The molecule has 1 aromatic carbocycles. The second-order valence-electron chi connectivity index (χ2n) is 10.1. The standard InChI is InChI=1S/C29H32N5O3/c1-19-6-8-22(17-24(19)37-15-14-34-12-4-5-13-34)32-27-26-20(10-11-30-28(26)35)16-23(33-27)21-7-9-25(31-18-21)29(2,3)36/h6-11,16-18,36H,4-5,12-15H2,1-3H3,(H,32,33). The molecule has 3 aromatic rings. The van der Waals surface area contributed by atoms with Crippen LogP contribution in [0.15, 0.2) is 48.8 Å². The molecule has 8 heteroatoms. The maximum absolute atomic E-state index is 12.7. The SMILES string of the molecule is Cc1ccc(Nc2nc(-c3ccc(C(C)(C)O)nc3)cc3c2C(=O)[N]C=C3)cc1OCCN1CCCC1. The first-order chi connectivity index (χ1) is 17.8. The maximum Gasteiger partial charge on any atom is 0.281 e. The monoisotopic (exact) mass is 498 g/mol. The molecule has 1 amide bonds. The zero-order valence-corrected chi connectivity index (χ0v) is 21.5. The predicted octanol–water partition coefficient (Wildman–Crippen LogP) is 4.63. The van der Waals surface area contributed by atoms with E-state index in [1.807, 2.05) is 37.3 Å². The van der Waals surface area contributed by atoms with Gasteiger partial charge in [0.15, 0.2) is 0 Å². The number of fused-ring (bicyclic) bond motifs is 1. The van der Waals surface area contributed by atoms with Crippen molar-refractivity contribution in [1.29, 1.82) is 0 Å². The molecule has 2 aliphatic rings. The minimum Gasteiger partial charge on any atom is -0.492 e. The second-order valence-corrected chi connectivity index (χ2v) is 10.1. The van der Waals surface area contributed by atoms with Gasteiger partial charge in [0, 0.05) is 36.3 Å². The average Bonchev–Trinajstić information content (AvgIpc) is 3.39. The third-order valence-corrected chi connectivity index (χ3v) is 6.71. The molecule has 1 saturated heterocycles. The van der Waals surface area contributed by atoms with Crippen LogP contribution in [0.4, 0.5) is 11.5 Å². The van der Waals surface area contributed by atoms with E-state index < -0.39 is 5.60 Å². The third kappa shape index (κ3) is 5.65. The Morgan fingerprint density at radius 3 is 2.68 bits per heavy atom. The Kier molecular flexibility index (Phi) is 6.95. The Morgan fingerprint density at radius 2 is 1.95 bits per heavy atom. The number of ether oxygens (including phenoxy) is 1. The Balaban J connectivity index is 1.43. The molecule has 4 heterocycles. The number of pyridine rings is 2. The molecular formula is C29H32N5O3. The number of carbonyl (C=O) groups is 1. The average molecular weight is 499 g/mol. The van der Waals surface area contributed by atoms with E-state index in [-0.39, 0.29) is 5.91 Å². The molecule has 1 radical (unpaired) electrons. The van der Waals surface area contributed by atoms with Gasteiger partial charge >= 0.3 is 0 Å². The van der Waals surface area contributed by atoms with Crippen molar-refractivity contribution in [3.8, 4) is 17.0 Å². The van der Waals surface area contributed by atoms with Crippen molar-refractivity contribution in [2.24, 2.45) is 0 Å². The van der Waals surface area contributed by atoms with Gasteiger partial charge in [0.2, 0.25) is 0 Å². The van der Waals surface area contributed by atoms with Crippen molar-refractivity contribution in [3.05, 3.63) is 71.2 Å². The number of hydrogen-bond donors (Lipinski definition) is 2. The summed E-state index contributed by atoms with van der Waals surface area (Å²) < 4.78 is 6.12. The van der Waals surface area contributed by atoms with Crippen molar-refractivity contribution in [2.45, 2.75) is 39.2 Å². The summed E-state index contributed by atoms with van der Waals surface area (Å²) in [5, 5.41) is 17.5. The minimum atomic E-state index is -1.04. The Hall–Kier alpha value is -3.75. The number of benzene rings is 1. The van der Waals surface area contributed by atoms with Crippen LogP contribution in [-0.2, 0) is 5.60 Å². The number of aromatic nitrogens is 2. The molecule has 2 aliphatic heterocycles. The van der Waals surface area contributed by atoms with Crippen molar-refractivity contribution in [2.75, 3.05) is 31.6 Å². The van der Waals surface area contributed by atoms with Crippen LogP contribution in [-0.4, -0.2) is 52.1 Å². The molecule has 0 aliphatic carbocycles. The van der Waals surface area contributed by atoms with Gasteiger partial charge in [-0.05, 0) is 88.2 Å². The fraction of sp³-hybridized carbons (Fsp3) is 0.345. The van der Waals surface area contributed by atoms with Crippen LogP contribution in [0, 0.1) is 6.92 Å². The number of nitrogens with zero attached hydrogens (tertiary/aromatic N) is 4. The first kappa shape index (κ1) is 24.9. The van der Waals surface area contributed by atoms with Crippen LogP contribution < -0.4 is 15.4 Å². The lowest BCUT2D eigenvalue weighted by Gasteiger charge is -2.19. The van der Waals surface area contributed by atoms with Crippen LogP contribution in [0.3, 0.4) is 0 Å². The molecule has 0 atom stereocenters. The number of amides is 1. The number of anilines is 2. The Morgan fingerprint density at radius 1 is 1.14 bits per heavy atom. The smallest absolute Gasteiger partial charge is 0.281 e. The topological polar surface area (TPSA) is 102 Å². The normalized spacial score (nSPS) is 15.4. The van der Waals surface area contributed by atoms with Gasteiger partial charge in [0.1, 0.15) is 23.8 Å². The molecule has 8 nitrogen and oxygen atoms in total. The minimum absolute atomic E-state index is 0.344. The summed E-state index contributed by atoms with van der Waals surface area (Å²) in [6, 6.07) is 11.4. The number of rotatable bonds is 8. The molecule has 1 fully saturated rings. The molecule has 191 valence electrons. The highest BCUT2D eigenvalue weighted by Gasteiger charge is 2.23. The highest BCUT2D eigenvalue weighted by Crippen LogP contribution is 2.32. The summed E-state index contributed by atoms with van der Waals surface area (Å²) in [4.78, 5) is 24.3. The summed E-state index contributed by atoms with van der Waals surface area (Å²) in [5.74, 6) is 0.879. The lowest BCUT2D eigenvalue weighted by Crippen LogP contribution is -2.25. The molecule has 5 rings (SSSR count). The number of likely N-dealkylation sites (tertiary alicyclic amines) is 1. The van der Waals surface area contributed by atoms with E-state index in [0.29, 0.717) is 29.4 Å². The van der Waals surface area contributed by atoms with Crippen LogP contribution >= 0.6 is 0 Å². The number of aliphatic hydroxyl groups is 1. The van der Waals surface area contributed by atoms with Gasteiger partial charge in [0.05, 0.1) is 17.0 Å². The lowest BCUT2D eigenvalue weighted by molar-refractivity contribution is 0.0738. The first-order valence-corrected chi connectivity index (χ1v) is 12.7. The highest BCUT2D eigenvalue weighted by atomic mass is 16.5. The van der Waals surface area contributed by atoms with Crippen molar-refractivity contribution in [1.82, 2.24) is 20.2 Å². The van der Waals surface area contributed by atoms with E-state index >= 15 is 0 Å². The fourth-order valence-corrected chi connectivity index (χ4v) is 4.58. The molecule has 2 aromatic heterocycles. The van der Waals surface area contributed by atoms with E-state index in [4.69, 9.17) is 9.72 Å². The predicted molar refractivity (Wildman–Crippen MR) is 144 cm³/mol. The van der Waals surface area contributed by atoms with Gasteiger partial charge in [-0.25, -0.2) is 10.3 Å². The van der Waals surface area contributed by atoms with E-state index in [1.165, 1.54) is 19.0 Å². The highest BCUT2D eigenvalue weighted by molar-refractivity contribution is 6.05. The van der Waals surface area contributed by atoms with E-state index in [1.54, 1.807) is 32.2 Å². The van der Waals surface area contributed by atoms with Crippen LogP contribution in [0.25, 0.3) is 17.3 Å². The second kappa shape index (κ2) is 10.3. The third-order valence-electron chi connectivity index (χ3n) is 6.71. The van der Waals surface area contributed by atoms with E-state index in [0.717, 1.165) is 47.8 Å². The molecule has 37 heavy (non-hydrogen) atoms. The zero-order chi connectivity index (χ0) is 26.0. The maximum atomic E-state index is 12.7. The van der Waals surface area contributed by atoms with Gasteiger partial charge in [-0.15, -0.1) is 0 Å². The van der Waals surface area contributed by atoms with Gasteiger partial charge < -0.3 is 15.2 Å². The Labute approximate surface area is 217 Å². The van der Waals surface area contributed by atoms with Crippen LogP contribution in [0.1, 0.15) is 53.9 Å². The van der Waals surface area contributed by atoms with E-state index in [2.05, 4.69) is 20.5 Å². The summed E-state index contributed by atoms with van der Waals surface area (Å²) in [6.07, 6.45) is 7.51. The van der Waals surface area contributed by atoms with Crippen molar-refractivity contribution in [3.63, 3.8) is 0 Å². The quantitative estimate of drug-likeness (QED) is 0.467. The molecule has 0 saturated carbocycles. The number of carbonyl (C=O) groups excluding carboxylic acids is 1. The summed E-state index contributed by atoms with van der Waals surface area (Å²) in [5.41, 5.74) is 3.93. The van der Waals surface area contributed by atoms with Crippen LogP contribution in [0.2, 0.25) is 0 Å². The fourth-order valence-electron chi connectivity index (χ4n) is 4.58. The largest absolute Gasteiger partial charge is 0.492 e. The zero-order valence-electron chi connectivity index (χ0n) is 21.5. The molecule has 0 unspecified atom stereocenters. The number of aryl methyl sites for hydroxylation is 1. The Bertz CT molecular complexity index is 1320. The van der Waals surface area contributed by atoms with Crippen LogP contribution in [0.5, 0.6) is 5.75 Å². The van der Waals surface area contributed by atoms with Gasteiger partial charge in [-0.3, -0.25) is 14.7 Å². The molecular weight excluding hydrogens is 466 g/mol. The summed E-state index contributed by atoms with van der Waals surface area (Å²) in [6.45, 7) is 9.23. The number of hydrogen-bond acceptors (Lipinski definition) is 7. The number of nitrogens with one attached hydrogen (secondary N) is 1. The summed E-state index contributed by atoms with van der Waals surface area (Å²) >= 11 is 0.